The Morgan fingerprint density at radius 2 is 1.76 bits per heavy atom. The summed E-state index contributed by atoms with van der Waals surface area (Å²) in [6.07, 6.45) is 1.19. The molecule has 0 bridgehead atoms. The molecule has 17 heavy (non-hydrogen) atoms. The lowest BCUT2D eigenvalue weighted by Crippen LogP contribution is -2.42. The van der Waals surface area contributed by atoms with Gasteiger partial charge in [0, 0.05) is 12.1 Å². The summed E-state index contributed by atoms with van der Waals surface area (Å²) in [5.74, 6) is 0.958. The summed E-state index contributed by atoms with van der Waals surface area (Å²) >= 11 is 0. The molecule has 0 unspecified atom stereocenters. The van der Waals surface area contributed by atoms with E-state index >= 15 is 0 Å². The molecule has 1 rings (SSSR count). The smallest absolute Gasteiger partial charge is 0.119 e. The molecular formula is C15H25NO. The van der Waals surface area contributed by atoms with Crippen molar-refractivity contribution < 1.29 is 4.74 Å². The zero-order valence-corrected chi connectivity index (χ0v) is 11.5. The van der Waals surface area contributed by atoms with Gasteiger partial charge in [-0.05, 0) is 45.9 Å². The predicted molar refractivity (Wildman–Crippen MR) is 73.5 cm³/mol. The Bertz CT molecular complexity index is 297. The minimum absolute atomic E-state index is 0.454. The lowest BCUT2D eigenvalue weighted by atomic mass is 10.2. The van der Waals surface area contributed by atoms with Gasteiger partial charge < -0.3 is 4.74 Å². The molecule has 0 saturated heterocycles. The van der Waals surface area contributed by atoms with Crippen molar-refractivity contribution in [1.29, 1.82) is 0 Å². The van der Waals surface area contributed by atoms with E-state index < -0.39 is 0 Å². The van der Waals surface area contributed by atoms with E-state index in [1.807, 2.05) is 30.3 Å². The summed E-state index contributed by atoms with van der Waals surface area (Å²) in [5.41, 5.74) is 0. The fraction of sp³-hybridized carbons (Fsp3) is 0.600. The van der Waals surface area contributed by atoms with Crippen molar-refractivity contribution in [3.63, 3.8) is 0 Å². The van der Waals surface area contributed by atoms with Crippen molar-refractivity contribution in [3.05, 3.63) is 30.3 Å². The Balaban J connectivity index is 2.44. The molecule has 0 saturated carbocycles. The molecule has 0 aliphatic carbocycles. The quantitative estimate of drug-likeness (QED) is 0.716. The molecule has 96 valence electrons. The van der Waals surface area contributed by atoms with E-state index in [0.717, 1.165) is 18.9 Å². The average molecular weight is 235 g/mol. The van der Waals surface area contributed by atoms with Gasteiger partial charge in [0.2, 0.25) is 0 Å². The molecule has 1 aromatic carbocycles. The van der Waals surface area contributed by atoms with Gasteiger partial charge in [0.1, 0.15) is 12.4 Å². The van der Waals surface area contributed by atoms with Crippen LogP contribution in [0.1, 0.15) is 34.1 Å². The van der Waals surface area contributed by atoms with Gasteiger partial charge in [-0.15, -0.1) is 0 Å². The summed E-state index contributed by atoms with van der Waals surface area (Å²) < 4.78 is 5.80. The minimum Gasteiger partial charge on any atom is -0.492 e. The van der Waals surface area contributed by atoms with Crippen molar-refractivity contribution in [1.82, 2.24) is 4.90 Å². The van der Waals surface area contributed by atoms with Crippen LogP contribution in [0.4, 0.5) is 0 Å². The molecule has 0 aliphatic rings. The van der Waals surface area contributed by atoms with E-state index in [0.29, 0.717) is 12.1 Å². The van der Waals surface area contributed by atoms with Crippen LogP contribution in [-0.2, 0) is 0 Å². The third kappa shape index (κ3) is 4.78. The molecule has 1 aromatic rings. The van der Waals surface area contributed by atoms with Gasteiger partial charge in [0.05, 0.1) is 0 Å². The Labute approximate surface area is 106 Å². The highest BCUT2D eigenvalue weighted by Crippen LogP contribution is 2.12. The number of nitrogens with zero attached hydrogens (tertiary/aromatic N) is 1. The molecule has 0 radical (unpaired) electrons. The molecule has 0 spiro atoms. The molecular weight excluding hydrogens is 210 g/mol. The van der Waals surface area contributed by atoms with Crippen molar-refractivity contribution in [3.8, 4) is 5.75 Å². The topological polar surface area (TPSA) is 12.5 Å². The van der Waals surface area contributed by atoms with E-state index in [-0.39, 0.29) is 0 Å². The number of ether oxygens (including phenoxy) is 1. The molecule has 2 heteroatoms. The Morgan fingerprint density at radius 1 is 1.12 bits per heavy atom. The maximum Gasteiger partial charge on any atom is 0.119 e. The largest absolute Gasteiger partial charge is 0.492 e. The van der Waals surface area contributed by atoms with Crippen molar-refractivity contribution in [2.24, 2.45) is 0 Å². The fourth-order valence-electron chi connectivity index (χ4n) is 2.08. The third-order valence-corrected chi connectivity index (χ3v) is 2.95. The van der Waals surface area contributed by atoms with Crippen LogP contribution in [0.15, 0.2) is 30.3 Å². The van der Waals surface area contributed by atoms with Crippen LogP contribution in [0.5, 0.6) is 5.75 Å². The molecule has 0 heterocycles. The minimum atomic E-state index is 0.454. The maximum absolute atomic E-state index is 5.80. The summed E-state index contributed by atoms with van der Waals surface area (Å²) in [7, 11) is 0. The maximum atomic E-state index is 5.80. The number of hydrogen-bond donors (Lipinski definition) is 0. The first-order valence-corrected chi connectivity index (χ1v) is 6.58. The van der Waals surface area contributed by atoms with E-state index in [1.165, 1.54) is 6.42 Å². The van der Waals surface area contributed by atoms with Gasteiger partial charge in [-0.2, -0.15) is 0 Å². The molecule has 0 N–H and O–H groups in total. The van der Waals surface area contributed by atoms with Crippen LogP contribution in [0.25, 0.3) is 0 Å². The van der Waals surface area contributed by atoms with Crippen molar-refractivity contribution in [2.75, 3.05) is 13.2 Å². The summed E-state index contributed by atoms with van der Waals surface area (Å²) in [6, 6.07) is 11.1. The summed E-state index contributed by atoms with van der Waals surface area (Å²) in [4.78, 5) is 2.49. The zero-order valence-electron chi connectivity index (χ0n) is 11.5. The Kier molecular flexibility index (Phi) is 6.06. The lowest BCUT2D eigenvalue weighted by Gasteiger charge is -2.32. The average Bonchev–Trinajstić information content (AvgIpc) is 2.34. The first-order chi connectivity index (χ1) is 8.15. The van der Waals surface area contributed by atoms with E-state index in [2.05, 4.69) is 32.6 Å². The lowest BCUT2D eigenvalue weighted by molar-refractivity contribution is 0.116. The van der Waals surface area contributed by atoms with Gasteiger partial charge >= 0.3 is 0 Å². The van der Waals surface area contributed by atoms with Gasteiger partial charge in [-0.25, -0.2) is 0 Å². The second-order valence-electron chi connectivity index (χ2n) is 4.80. The zero-order chi connectivity index (χ0) is 12.7. The summed E-state index contributed by atoms with van der Waals surface area (Å²) in [5, 5.41) is 0. The highest BCUT2D eigenvalue weighted by atomic mass is 16.5. The second kappa shape index (κ2) is 7.33. The van der Waals surface area contributed by atoms with Crippen molar-refractivity contribution in [2.45, 2.75) is 46.2 Å². The van der Waals surface area contributed by atoms with Crippen LogP contribution in [-0.4, -0.2) is 30.1 Å². The SMILES string of the molecule is CCCN(C(C)C)[C@@H](C)COc1ccccc1. The fourth-order valence-corrected chi connectivity index (χ4v) is 2.08. The van der Waals surface area contributed by atoms with Crippen LogP contribution >= 0.6 is 0 Å². The van der Waals surface area contributed by atoms with Crippen molar-refractivity contribution >= 4 is 0 Å². The normalized spacial score (nSPS) is 13.1. The Hall–Kier alpha value is -1.02. The molecule has 0 aliphatic heterocycles. The molecule has 1 atom stereocenters. The first-order valence-electron chi connectivity index (χ1n) is 6.58. The molecule has 0 amide bonds. The number of rotatable bonds is 7. The monoisotopic (exact) mass is 235 g/mol. The Morgan fingerprint density at radius 3 is 2.29 bits per heavy atom. The second-order valence-corrected chi connectivity index (χ2v) is 4.80. The van der Waals surface area contributed by atoms with E-state index in [1.54, 1.807) is 0 Å². The predicted octanol–water partition coefficient (Wildman–Crippen LogP) is 3.57. The molecule has 0 fully saturated rings. The first kappa shape index (κ1) is 14.0. The third-order valence-electron chi connectivity index (χ3n) is 2.95. The number of hydrogen-bond acceptors (Lipinski definition) is 2. The number of para-hydroxylation sites is 1. The highest BCUT2D eigenvalue weighted by molar-refractivity contribution is 5.20. The highest BCUT2D eigenvalue weighted by Gasteiger charge is 2.16. The van der Waals surface area contributed by atoms with Gasteiger partial charge in [0.15, 0.2) is 0 Å². The van der Waals surface area contributed by atoms with E-state index in [9.17, 15) is 0 Å². The van der Waals surface area contributed by atoms with Gasteiger partial charge in [0.25, 0.3) is 0 Å². The molecule has 2 nitrogen and oxygen atoms in total. The van der Waals surface area contributed by atoms with Crippen LogP contribution in [0, 0.1) is 0 Å². The van der Waals surface area contributed by atoms with Gasteiger partial charge in [-0.1, -0.05) is 25.1 Å². The van der Waals surface area contributed by atoms with Crippen LogP contribution in [0.3, 0.4) is 0 Å². The molecule has 0 aromatic heterocycles. The van der Waals surface area contributed by atoms with Crippen LogP contribution in [0.2, 0.25) is 0 Å². The number of benzene rings is 1. The standard InChI is InChI=1S/C15H25NO/c1-5-11-16(13(2)3)14(4)12-17-15-9-7-6-8-10-15/h6-10,13-14H,5,11-12H2,1-4H3/t14-/m0/s1. The van der Waals surface area contributed by atoms with E-state index in [4.69, 9.17) is 4.74 Å². The van der Waals surface area contributed by atoms with Gasteiger partial charge in [-0.3, -0.25) is 4.90 Å². The summed E-state index contributed by atoms with van der Waals surface area (Å²) in [6.45, 7) is 10.8. The van der Waals surface area contributed by atoms with Crippen LogP contribution < -0.4 is 4.74 Å².